The number of rotatable bonds is 7. The first-order valence-corrected chi connectivity index (χ1v) is 12.5. The second-order valence-electron chi connectivity index (χ2n) is 6.77. The Kier molecular flexibility index (Phi) is 6.36. The molecule has 3 rings (SSSR count). The van der Waals surface area contributed by atoms with E-state index in [-0.39, 0.29) is 22.1 Å². The molecule has 0 aliphatic carbocycles. The summed E-state index contributed by atoms with van der Waals surface area (Å²) in [6.07, 6.45) is 5.21. The monoisotopic (exact) mass is 423 g/mol. The van der Waals surface area contributed by atoms with Crippen LogP contribution in [0.1, 0.15) is 31.7 Å². The van der Waals surface area contributed by atoms with Gasteiger partial charge in [-0.2, -0.15) is 0 Å². The molecule has 0 spiro atoms. The Balaban J connectivity index is 1.70. The van der Waals surface area contributed by atoms with E-state index in [9.17, 15) is 16.8 Å². The average Bonchev–Trinajstić information content (AvgIpc) is 2.73. The van der Waals surface area contributed by atoms with Crippen LogP contribution in [0.3, 0.4) is 0 Å². The molecular formula is C19H25N3O4S2. The maximum atomic E-state index is 12.5. The minimum Gasteiger partial charge on any atom is -0.357 e. The summed E-state index contributed by atoms with van der Waals surface area (Å²) in [5, 5.41) is 0. The van der Waals surface area contributed by atoms with E-state index in [1.165, 1.54) is 30.7 Å². The number of nitrogens with one attached hydrogen (secondary N) is 1. The van der Waals surface area contributed by atoms with Crippen LogP contribution in [0.25, 0.3) is 0 Å². The minimum absolute atomic E-state index is 0.0290. The lowest BCUT2D eigenvalue weighted by atomic mass is 10.1. The summed E-state index contributed by atoms with van der Waals surface area (Å²) in [5.41, 5.74) is 0.823. The predicted molar refractivity (Wildman–Crippen MR) is 108 cm³/mol. The van der Waals surface area contributed by atoms with Crippen LogP contribution in [0.5, 0.6) is 0 Å². The maximum absolute atomic E-state index is 12.5. The van der Waals surface area contributed by atoms with Gasteiger partial charge in [0, 0.05) is 25.8 Å². The summed E-state index contributed by atoms with van der Waals surface area (Å²) < 4.78 is 51.4. The van der Waals surface area contributed by atoms with Crippen LogP contribution in [-0.4, -0.2) is 40.7 Å². The molecule has 152 valence electrons. The van der Waals surface area contributed by atoms with Crippen molar-refractivity contribution in [2.75, 3.05) is 23.7 Å². The Labute approximate surface area is 166 Å². The minimum atomic E-state index is -3.74. The summed E-state index contributed by atoms with van der Waals surface area (Å²) in [6.45, 7) is 3.62. The first-order valence-electron chi connectivity index (χ1n) is 9.34. The molecule has 0 amide bonds. The highest BCUT2D eigenvalue weighted by molar-refractivity contribution is 7.91. The van der Waals surface area contributed by atoms with Crippen LogP contribution >= 0.6 is 0 Å². The third kappa shape index (κ3) is 4.89. The molecule has 0 saturated carbocycles. The number of anilines is 1. The molecule has 1 aliphatic heterocycles. The number of sulfone groups is 1. The zero-order chi connectivity index (χ0) is 20.2. The van der Waals surface area contributed by atoms with Crippen molar-refractivity contribution < 1.29 is 16.8 Å². The molecule has 2 heterocycles. The quantitative estimate of drug-likeness (QED) is 0.734. The SMILES string of the molecule is CCS(=O)(=O)c1ccc(S(=O)(=O)NCc2ccnc(N3CCCCC3)c2)cc1. The van der Waals surface area contributed by atoms with E-state index in [2.05, 4.69) is 14.6 Å². The van der Waals surface area contributed by atoms with Gasteiger partial charge in [-0.05, 0) is 61.2 Å². The predicted octanol–water partition coefficient (Wildman–Crippen LogP) is 2.34. The first-order chi connectivity index (χ1) is 13.3. The number of benzene rings is 1. The van der Waals surface area contributed by atoms with Gasteiger partial charge in [0.25, 0.3) is 0 Å². The molecule has 1 aromatic heterocycles. The molecule has 0 unspecified atom stereocenters. The summed E-state index contributed by atoms with van der Waals surface area (Å²) in [4.78, 5) is 6.77. The number of hydrogen-bond acceptors (Lipinski definition) is 6. The molecule has 7 nitrogen and oxygen atoms in total. The molecular weight excluding hydrogens is 398 g/mol. The summed E-state index contributed by atoms with van der Waals surface area (Å²) in [5.74, 6) is 0.837. The molecule has 1 aliphatic rings. The zero-order valence-corrected chi connectivity index (χ0v) is 17.5. The molecule has 9 heteroatoms. The van der Waals surface area contributed by atoms with Gasteiger partial charge in [-0.25, -0.2) is 26.5 Å². The number of hydrogen-bond donors (Lipinski definition) is 1. The number of sulfonamides is 1. The van der Waals surface area contributed by atoms with E-state index in [4.69, 9.17) is 0 Å². The zero-order valence-electron chi connectivity index (χ0n) is 15.8. The Morgan fingerprint density at radius 3 is 2.25 bits per heavy atom. The van der Waals surface area contributed by atoms with E-state index in [1.807, 2.05) is 6.07 Å². The average molecular weight is 424 g/mol. The van der Waals surface area contributed by atoms with Crippen molar-refractivity contribution in [2.45, 2.75) is 42.5 Å². The highest BCUT2D eigenvalue weighted by Gasteiger charge is 2.17. The fraction of sp³-hybridized carbons (Fsp3) is 0.421. The Morgan fingerprint density at radius 2 is 1.61 bits per heavy atom. The number of aromatic nitrogens is 1. The normalized spacial score (nSPS) is 15.5. The van der Waals surface area contributed by atoms with Crippen LogP contribution in [0, 0.1) is 0 Å². The fourth-order valence-corrected chi connectivity index (χ4v) is 5.02. The molecule has 2 aromatic rings. The third-order valence-corrected chi connectivity index (χ3v) is 8.00. The van der Waals surface area contributed by atoms with Gasteiger partial charge >= 0.3 is 0 Å². The highest BCUT2D eigenvalue weighted by Crippen LogP contribution is 2.19. The number of piperidine rings is 1. The van der Waals surface area contributed by atoms with Crippen molar-refractivity contribution in [2.24, 2.45) is 0 Å². The standard InChI is InChI=1S/C19H25N3O4S2/c1-2-27(23,24)17-6-8-18(9-7-17)28(25,26)21-15-16-10-11-20-19(14-16)22-12-4-3-5-13-22/h6-11,14,21H,2-5,12-13,15H2,1H3. The Bertz CT molecular complexity index is 1010. The maximum Gasteiger partial charge on any atom is 0.240 e. The molecule has 1 aromatic carbocycles. The van der Waals surface area contributed by atoms with Gasteiger partial charge in [0.2, 0.25) is 10.0 Å². The Morgan fingerprint density at radius 1 is 0.964 bits per heavy atom. The van der Waals surface area contributed by atoms with Gasteiger partial charge in [0.1, 0.15) is 5.82 Å². The molecule has 1 N–H and O–H groups in total. The fourth-order valence-electron chi connectivity index (χ4n) is 3.12. The van der Waals surface area contributed by atoms with Gasteiger partial charge in [-0.15, -0.1) is 0 Å². The molecule has 1 fully saturated rings. The van der Waals surface area contributed by atoms with Crippen LogP contribution in [0.4, 0.5) is 5.82 Å². The van der Waals surface area contributed by atoms with Crippen molar-refractivity contribution in [3.8, 4) is 0 Å². The third-order valence-electron chi connectivity index (χ3n) is 4.83. The van der Waals surface area contributed by atoms with Crippen molar-refractivity contribution in [1.29, 1.82) is 0 Å². The lowest BCUT2D eigenvalue weighted by Crippen LogP contribution is -2.30. The number of pyridine rings is 1. The van der Waals surface area contributed by atoms with Crippen molar-refractivity contribution in [1.82, 2.24) is 9.71 Å². The summed E-state index contributed by atoms with van der Waals surface area (Å²) in [6, 6.07) is 8.98. The largest absolute Gasteiger partial charge is 0.357 e. The van der Waals surface area contributed by atoms with E-state index in [0.717, 1.165) is 37.3 Å². The molecule has 0 atom stereocenters. The van der Waals surface area contributed by atoms with Gasteiger partial charge in [-0.1, -0.05) is 6.92 Å². The van der Waals surface area contributed by atoms with E-state index in [1.54, 1.807) is 19.2 Å². The van der Waals surface area contributed by atoms with Crippen molar-refractivity contribution in [3.05, 3.63) is 48.2 Å². The topological polar surface area (TPSA) is 96.4 Å². The summed E-state index contributed by atoms with van der Waals surface area (Å²) >= 11 is 0. The van der Waals surface area contributed by atoms with Crippen LogP contribution in [-0.2, 0) is 26.4 Å². The molecule has 0 bridgehead atoms. The smallest absolute Gasteiger partial charge is 0.240 e. The lowest BCUT2D eigenvalue weighted by molar-refractivity contribution is 0.572. The van der Waals surface area contributed by atoms with Gasteiger partial charge in [-0.3, -0.25) is 0 Å². The van der Waals surface area contributed by atoms with Crippen LogP contribution < -0.4 is 9.62 Å². The van der Waals surface area contributed by atoms with E-state index < -0.39 is 19.9 Å². The van der Waals surface area contributed by atoms with E-state index >= 15 is 0 Å². The van der Waals surface area contributed by atoms with Crippen LogP contribution in [0.15, 0.2) is 52.4 Å². The van der Waals surface area contributed by atoms with Gasteiger partial charge in [0.05, 0.1) is 15.5 Å². The highest BCUT2D eigenvalue weighted by atomic mass is 32.2. The second-order valence-corrected chi connectivity index (χ2v) is 10.8. The lowest BCUT2D eigenvalue weighted by Gasteiger charge is -2.27. The molecule has 1 saturated heterocycles. The van der Waals surface area contributed by atoms with Gasteiger partial charge in [0.15, 0.2) is 9.84 Å². The second kappa shape index (κ2) is 8.59. The van der Waals surface area contributed by atoms with E-state index in [0.29, 0.717) is 0 Å². The molecule has 0 radical (unpaired) electrons. The summed E-state index contributed by atoms with van der Waals surface area (Å²) in [7, 11) is -7.10. The van der Waals surface area contributed by atoms with Crippen LogP contribution in [0.2, 0.25) is 0 Å². The molecule has 28 heavy (non-hydrogen) atoms. The van der Waals surface area contributed by atoms with Crippen molar-refractivity contribution >= 4 is 25.7 Å². The van der Waals surface area contributed by atoms with Crippen molar-refractivity contribution in [3.63, 3.8) is 0 Å². The first kappa shape index (κ1) is 20.8. The Hall–Kier alpha value is -1.97. The number of nitrogens with zero attached hydrogens (tertiary/aromatic N) is 2. The van der Waals surface area contributed by atoms with Gasteiger partial charge < -0.3 is 4.90 Å².